The van der Waals surface area contributed by atoms with Gasteiger partial charge in [0.15, 0.2) is 11.6 Å². The normalized spacial score (nSPS) is 17.5. The lowest BCUT2D eigenvalue weighted by Gasteiger charge is -2.36. The molecule has 0 saturated carbocycles. The van der Waals surface area contributed by atoms with Crippen molar-refractivity contribution in [3.05, 3.63) is 47.9 Å². The van der Waals surface area contributed by atoms with Gasteiger partial charge in [-0.3, -0.25) is 9.80 Å². The molecule has 0 spiro atoms. The van der Waals surface area contributed by atoms with Crippen molar-refractivity contribution in [2.24, 2.45) is 0 Å². The molecule has 0 amide bonds. The molecule has 4 rings (SSSR count). The standard InChI is InChI=1S/C17H22N8O/c1-13(17-19-21-22-25(17)15-6-4-3-5-7-15)24-10-8-23(9-11-24)12-16-18-14(2)26-20-16/h3-7,13H,8-12H2,1-2H3/t13-/m1/s1. The summed E-state index contributed by atoms with van der Waals surface area (Å²) in [6.07, 6.45) is 0. The largest absolute Gasteiger partial charge is 0.340 e. The first-order chi connectivity index (χ1) is 12.7. The van der Waals surface area contributed by atoms with Crippen molar-refractivity contribution < 1.29 is 4.52 Å². The van der Waals surface area contributed by atoms with Crippen LogP contribution < -0.4 is 0 Å². The van der Waals surface area contributed by atoms with E-state index < -0.39 is 0 Å². The van der Waals surface area contributed by atoms with Crippen molar-refractivity contribution in [1.29, 1.82) is 0 Å². The van der Waals surface area contributed by atoms with Crippen LogP contribution in [0.1, 0.15) is 30.5 Å². The molecule has 1 aliphatic rings. The molecule has 136 valence electrons. The third kappa shape index (κ3) is 3.49. The number of benzene rings is 1. The van der Waals surface area contributed by atoms with Crippen LogP contribution in [0.15, 0.2) is 34.9 Å². The molecule has 9 nitrogen and oxygen atoms in total. The van der Waals surface area contributed by atoms with E-state index in [2.05, 4.69) is 42.4 Å². The fourth-order valence-corrected chi connectivity index (χ4v) is 3.29. The number of rotatable bonds is 5. The fraction of sp³-hybridized carbons (Fsp3) is 0.471. The molecular formula is C17H22N8O. The Kier molecular flexibility index (Phi) is 4.72. The predicted octanol–water partition coefficient (Wildman–Crippen LogP) is 1.23. The number of hydrogen-bond acceptors (Lipinski definition) is 8. The van der Waals surface area contributed by atoms with Gasteiger partial charge >= 0.3 is 0 Å². The molecule has 0 unspecified atom stereocenters. The Morgan fingerprint density at radius 1 is 1.12 bits per heavy atom. The molecule has 1 fully saturated rings. The highest BCUT2D eigenvalue weighted by atomic mass is 16.5. The van der Waals surface area contributed by atoms with Crippen LogP contribution in [-0.4, -0.2) is 66.3 Å². The van der Waals surface area contributed by atoms with Gasteiger partial charge in [-0.25, -0.2) is 0 Å². The lowest BCUT2D eigenvalue weighted by molar-refractivity contribution is 0.0918. The van der Waals surface area contributed by atoms with Gasteiger partial charge in [-0.15, -0.1) is 5.10 Å². The van der Waals surface area contributed by atoms with Crippen molar-refractivity contribution in [3.8, 4) is 5.69 Å². The summed E-state index contributed by atoms with van der Waals surface area (Å²) >= 11 is 0. The molecule has 0 aliphatic carbocycles. The average molecular weight is 354 g/mol. The van der Waals surface area contributed by atoms with Crippen molar-refractivity contribution in [2.75, 3.05) is 26.2 Å². The van der Waals surface area contributed by atoms with Crippen molar-refractivity contribution >= 4 is 0 Å². The second kappa shape index (κ2) is 7.30. The van der Waals surface area contributed by atoms with Gasteiger partial charge < -0.3 is 4.52 Å². The molecule has 26 heavy (non-hydrogen) atoms. The van der Waals surface area contributed by atoms with E-state index in [0.29, 0.717) is 5.89 Å². The minimum atomic E-state index is 0.139. The fourth-order valence-electron chi connectivity index (χ4n) is 3.29. The Balaban J connectivity index is 1.40. The summed E-state index contributed by atoms with van der Waals surface area (Å²) in [6.45, 7) is 8.48. The Hall–Kier alpha value is -2.65. The van der Waals surface area contributed by atoms with Crippen LogP contribution in [0.4, 0.5) is 0 Å². The van der Waals surface area contributed by atoms with Crippen LogP contribution >= 0.6 is 0 Å². The first-order valence-electron chi connectivity index (χ1n) is 8.80. The van der Waals surface area contributed by atoms with Crippen LogP contribution in [-0.2, 0) is 6.54 Å². The summed E-state index contributed by atoms with van der Waals surface area (Å²) in [4.78, 5) is 9.03. The predicted molar refractivity (Wildman–Crippen MR) is 93.5 cm³/mol. The second-order valence-corrected chi connectivity index (χ2v) is 6.50. The number of tetrazole rings is 1. The molecular weight excluding hydrogens is 332 g/mol. The summed E-state index contributed by atoms with van der Waals surface area (Å²) in [5, 5.41) is 16.3. The van der Waals surface area contributed by atoms with Crippen molar-refractivity contribution in [3.63, 3.8) is 0 Å². The van der Waals surface area contributed by atoms with Gasteiger partial charge in [-0.1, -0.05) is 23.4 Å². The minimum absolute atomic E-state index is 0.139. The molecule has 1 aromatic carbocycles. The molecule has 0 radical (unpaired) electrons. The zero-order chi connectivity index (χ0) is 17.9. The SMILES string of the molecule is Cc1nc(CN2CCN([C@H](C)c3nnnn3-c3ccccc3)CC2)no1. The summed E-state index contributed by atoms with van der Waals surface area (Å²) in [5.41, 5.74) is 0.977. The van der Waals surface area contributed by atoms with E-state index in [-0.39, 0.29) is 6.04 Å². The molecule has 2 aromatic heterocycles. The summed E-state index contributed by atoms with van der Waals surface area (Å²) in [6, 6.07) is 10.1. The van der Waals surface area contributed by atoms with E-state index in [1.54, 1.807) is 0 Å². The second-order valence-electron chi connectivity index (χ2n) is 6.50. The van der Waals surface area contributed by atoms with Crippen molar-refractivity contribution in [1.82, 2.24) is 40.1 Å². The van der Waals surface area contributed by atoms with Crippen LogP contribution in [0.3, 0.4) is 0 Å². The lowest BCUT2D eigenvalue weighted by atomic mass is 10.2. The summed E-state index contributed by atoms with van der Waals surface area (Å²) < 4.78 is 6.87. The average Bonchev–Trinajstić information content (AvgIpc) is 3.32. The van der Waals surface area contributed by atoms with Gasteiger partial charge in [0.1, 0.15) is 0 Å². The van der Waals surface area contributed by atoms with Crippen LogP contribution in [0.25, 0.3) is 5.69 Å². The first-order valence-corrected chi connectivity index (χ1v) is 8.80. The third-order valence-electron chi connectivity index (χ3n) is 4.76. The lowest BCUT2D eigenvalue weighted by Crippen LogP contribution is -2.47. The van der Waals surface area contributed by atoms with E-state index in [1.165, 1.54) is 0 Å². The van der Waals surface area contributed by atoms with E-state index in [4.69, 9.17) is 4.52 Å². The molecule has 1 aliphatic heterocycles. The molecule has 9 heteroatoms. The smallest absolute Gasteiger partial charge is 0.223 e. The highest BCUT2D eigenvalue weighted by molar-refractivity contribution is 5.30. The van der Waals surface area contributed by atoms with Crippen LogP contribution in [0.5, 0.6) is 0 Å². The monoisotopic (exact) mass is 354 g/mol. The Morgan fingerprint density at radius 3 is 2.58 bits per heavy atom. The van der Waals surface area contributed by atoms with E-state index >= 15 is 0 Å². The van der Waals surface area contributed by atoms with Gasteiger partial charge in [-0.05, 0) is 29.5 Å². The maximum atomic E-state index is 5.05. The molecule has 1 atom stereocenters. The van der Waals surface area contributed by atoms with E-state index in [1.807, 2.05) is 41.9 Å². The molecule has 3 heterocycles. The van der Waals surface area contributed by atoms with Gasteiger partial charge in [-0.2, -0.15) is 9.67 Å². The maximum absolute atomic E-state index is 5.05. The number of para-hydroxylation sites is 1. The number of hydrogen-bond donors (Lipinski definition) is 0. The molecule has 0 N–H and O–H groups in total. The van der Waals surface area contributed by atoms with E-state index in [9.17, 15) is 0 Å². The van der Waals surface area contributed by atoms with Crippen molar-refractivity contribution in [2.45, 2.75) is 26.4 Å². The number of piperazine rings is 1. The number of aromatic nitrogens is 6. The number of aryl methyl sites for hydroxylation is 1. The highest BCUT2D eigenvalue weighted by Crippen LogP contribution is 2.21. The number of nitrogens with zero attached hydrogens (tertiary/aromatic N) is 8. The zero-order valence-electron chi connectivity index (χ0n) is 15.0. The molecule has 3 aromatic rings. The Bertz CT molecular complexity index is 837. The minimum Gasteiger partial charge on any atom is -0.340 e. The van der Waals surface area contributed by atoms with Crippen LogP contribution in [0.2, 0.25) is 0 Å². The van der Waals surface area contributed by atoms with Gasteiger partial charge in [0.2, 0.25) is 5.89 Å². The van der Waals surface area contributed by atoms with Gasteiger partial charge in [0, 0.05) is 33.1 Å². The van der Waals surface area contributed by atoms with Gasteiger partial charge in [0.25, 0.3) is 0 Å². The van der Waals surface area contributed by atoms with Crippen LogP contribution in [0, 0.1) is 6.92 Å². The van der Waals surface area contributed by atoms with Gasteiger partial charge in [0.05, 0.1) is 18.3 Å². The summed E-state index contributed by atoms with van der Waals surface area (Å²) in [5.74, 6) is 2.22. The zero-order valence-corrected chi connectivity index (χ0v) is 15.0. The summed E-state index contributed by atoms with van der Waals surface area (Å²) in [7, 11) is 0. The topological polar surface area (TPSA) is 89.0 Å². The molecule has 0 bridgehead atoms. The quantitative estimate of drug-likeness (QED) is 0.676. The molecule has 1 saturated heterocycles. The highest BCUT2D eigenvalue weighted by Gasteiger charge is 2.26. The Morgan fingerprint density at radius 2 is 1.88 bits per heavy atom. The third-order valence-corrected chi connectivity index (χ3v) is 4.76. The maximum Gasteiger partial charge on any atom is 0.223 e. The Labute approximate surface area is 151 Å². The van der Waals surface area contributed by atoms with E-state index in [0.717, 1.165) is 50.1 Å². The first kappa shape index (κ1) is 16.8.